The summed E-state index contributed by atoms with van der Waals surface area (Å²) in [5.41, 5.74) is 2.56. The molecule has 26 heavy (non-hydrogen) atoms. The van der Waals surface area contributed by atoms with Crippen molar-refractivity contribution in [2.45, 2.75) is 12.6 Å². The van der Waals surface area contributed by atoms with Gasteiger partial charge in [0.2, 0.25) is 0 Å². The molecule has 0 bridgehead atoms. The highest BCUT2D eigenvalue weighted by molar-refractivity contribution is 6.06. The molecule has 3 aromatic rings. The number of aliphatic hydroxyl groups is 1. The Bertz CT molecular complexity index is 923. The molecule has 3 heterocycles. The minimum atomic E-state index is -0.624. The first-order chi connectivity index (χ1) is 12.7. The van der Waals surface area contributed by atoms with Crippen molar-refractivity contribution >= 4 is 28.0 Å². The zero-order valence-electron chi connectivity index (χ0n) is 14.7. The van der Waals surface area contributed by atoms with Gasteiger partial charge in [-0.3, -0.25) is 4.90 Å². The molecule has 1 aromatic carbocycles. The second-order valence-corrected chi connectivity index (χ2v) is 6.51. The number of aromatic nitrogens is 1. The molecule has 0 saturated carbocycles. The lowest BCUT2D eigenvalue weighted by molar-refractivity contribution is 0.0115. The van der Waals surface area contributed by atoms with Crippen molar-refractivity contribution in [3.8, 4) is 0 Å². The molecule has 0 unspecified atom stereocenters. The Morgan fingerprint density at radius 2 is 2.00 bits per heavy atom. The molecule has 1 saturated heterocycles. The van der Waals surface area contributed by atoms with Crippen LogP contribution in [-0.4, -0.2) is 66.6 Å². The van der Waals surface area contributed by atoms with E-state index in [2.05, 4.69) is 4.90 Å². The van der Waals surface area contributed by atoms with Crippen LogP contribution in [-0.2, 0) is 16.0 Å². The van der Waals surface area contributed by atoms with Gasteiger partial charge in [-0.1, -0.05) is 12.1 Å². The minimum Gasteiger partial charge on any atom is -0.464 e. The van der Waals surface area contributed by atoms with Gasteiger partial charge in [-0.05, 0) is 12.1 Å². The standard InChI is InChI=1S/C19H22N2O5/c1-24-19(23)15-10-17-18(14-4-2-3-5-16(14)26-17)21(15)12-13(22)11-20-6-8-25-9-7-20/h2-5,10,13,22H,6-9,11-12H2,1H3/t13-/m0/s1. The van der Waals surface area contributed by atoms with E-state index in [0.717, 1.165) is 29.6 Å². The fourth-order valence-corrected chi connectivity index (χ4v) is 3.56. The molecule has 1 N–H and O–H groups in total. The van der Waals surface area contributed by atoms with Gasteiger partial charge in [-0.25, -0.2) is 4.79 Å². The molecular weight excluding hydrogens is 336 g/mol. The third-order valence-electron chi connectivity index (χ3n) is 4.78. The third kappa shape index (κ3) is 3.09. The molecule has 7 heteroatoms. The number of carbonyl (C=O) groups excluding carboxylic acids is 1. The number of hydrogen-bond acceptors (Lipinski definition) is 6. The normalized spacial score (nSPS) is 17.0. The highest BCUT2D eigenvalue weighted by Gasteiger charge is 2.23. The van der Waals surface area contributed by atoms with Gasteiger partial charge in [0.1, 0.15) is 11.3 Å². The van der Waals surface area contributed by atoms with Crippen LogP contribution < -0.4 is 0 Å². The number of carbonyl (C=O) groups is 1. The number of fused-ring (bicyclic) bond motifs is 3. The summed E-state index contributed by atoms with van der Waals surface area (Å²) in [6, 6.07) is 9.36. The molecule has 138 valence electrons. The van der Waals surface area contributed by atoms with Crippen molar-refractivity contribution in [2.24, 2.45) is 0 Å². The molecule has 1 atom stereocenters. The molecule has 1 fully saturated rings. The van der Waals surface area contributed by atoms with Gasteiger partial charge in [-0.2, -0.15) is 0 Å². The molecule has 7 nitrogen and oxygen atoms in total. The van der Waals surface area contributed by atoms with E-state index in [9.17, 15) is 9.90 Å². The van der Waals surface area contributed by atoms with E-state index in [1.54, 1.807) is 10.6 Å². The number of nitrogens with zero attached hydrogens (tertiary/aromatic N) is 2. The smallest absolute Gasteiger partial charge is 0.354 e. The first-order valence-corrected chi connectivity index (χ1v) is 8.74. The summed E-state index contributed by atoms with van der Waals surface area (Å²) in [6.07, 6.45) is -0.624. The van der Waals surface area contributed by atoms with Crippen LogP contribution >= 0.6 is 0 Å². The van der Waals surface area contributed by atoms with Crippen molar-refractivity contribution < 1.29 is 23.8 Å². The van der Waals surface area contributed by atoms with Gasteiger partial charge in [0.25, 0.3) is 0 Å². The van der Waals surface area contributed by atoms with Crippen LogP contribution in [0.5, 0.6) is 0 Å². The summed E-state index contributed by atoms with van der Waals surface area (Å²) in [4.78, 5) is 14.4. The topological polar surface area (TPSA) is 77.1 Å². The van der Waals surface area contributed by atoms with Crippen LogP contribution in [0.2, 0.25) is 0 Å². The predicted molar refractivity (Wildman–Crippen MR) is 96.3 cm³/mol. The van der Waals surface area contributed by atoms with Gasteiger partial charge in [0.15, 0.2) is 5.58 Å². The molecule has 0 radical (unpaired) electrons. The summed E-state index contributed by atoms with van der Waals surface area (Å²) in [7, 11) is 1.35. The van der Waals surface area contributed by atoms with Crippen molar-refractivity contribution in [1.82, 2.24) is 9.47 Å². The predicted octanol–water partition coefficient (Wildman–Crippen LogP) is 1.87. The Labute approximate surface area is 150 Å². The number of furan rings is 1. The van der Waals surface area contributed by atoms with E-state index in [-0.39, 0.29) is 6.54 Å². The van der Waals surface area contributed by atoms with E-state index in [4.69, 9.17) is 13.9 Å². The number of hydrogen-bond donors (Lipinski definition) is 1. The number of aliphatic hydroxyl groups excluding tert-OH is 1. The largest absolute Gasteiger partial charge is 0.464 e. The highest BCUT2D eigenvalue weighted by Crippen LogP contribution is 2.32. The van der Waals surface area contributed by atoms with Gasteiger partial charge in [-0.15, -0.1) is 0 Å². The summed E-state index contributed by atoms with van der Waals surface area (Å²) < 4.78 is 17.9. The molecule has 1 aliphatic rings. The highest BCUT2D eigenvalue weighted by atomic mass is 16.5. The minimum absolute atomic E-state index is 0.287. The summed E-state index contributed by atoms with van der Waals surface area (Å²) >= 11 is 0. The van der Waals surface area contributed by atoms with Crippen LogP contribution in [0, 0.1) is 0 Å². The first-order valence-electron chi connectivity index (χ1n) is 8.74. The van der Waals surface area contributed by atoms with Crippen LogP contribution in [0.15, 0.2) is 34.7 Å². The van der Waals surface area contributed by atoms with Crippen LogP contribution in [0.25, 0.3) is 22.1 Å². The fourth-order valence-electron chi connectivity index (χ4n) is 3.56. The molecule has 0 amide bonds. The van der Waals surface area contributed by atoms with Crippen molar-refractivity contribution in [2.75, 3.05) is 40.0 Å². The van der Waals surface area contributed by atoms with Gasteiger partial charge in [0.05, 0.1) is 38.5 Å². The Kier molecular flexibility index (Phi) is 4.67. The van der Waals surface area contributed by atoms with E-state index >= 15 is 0 Å². The van der Waals surface area contributed by atoms with Crippen molar-refractivity contribution in [3.05, 3.63) is 36.0 Å². The zero-order valence-corrected chi connectivity index (χ0v) is 14.7. The maximum Gasteiger partial charge on any atom is 0.354 e. The lowest BCUT2D eigenvalue weighted by Gasteiger charge is -2.28. The maximum atomic E-state index is 12.2. The van der Waals surface area contributed by atoms with Gasteiger partial charge in [0, 0.05) is 31.1 Å². The number of benzene rings is 1. The number of β-amino-alcohol motifs (C(OH)–C–C–N with tert-alkyl or cyclic N) is 1. The van der Waals surface area contributed by atoms with E-state index in [0.29, 0.717) is 31.0 Å². The number of morpholine rings is 1. The Hall–Kier alpha value is -2.35. The quantitative estimate of drug-likeness (QED) is 0.702. The van der Waals surface area contributed by atoms with Crippen LogP contribution in [0.3, 0.4) is 0 Å². The SMILES string of the molecule is COC(=O)c1cc2oc3ccccc3c2n1C[C@@H](O)CN1CCOCC1. The van der Waals surface area contributed by atoms with E-state index < -0.39 is 12.1 Å². The third-order valence-corrected chi connectivity index (χ3v) is 4.78. The molecule has 0 spiro atoms. The number of ether oxygens (including phenoxy) is 2. The number of para-hydroxylation sites is 1. The molecule has 1 aliphatic heterocycles. The number of esters is 1. The monoisotopic (exact) mass is 358 g/mol. The fraction of sp³-hybridized carbons (Fsp3) is 0.421. The Balaban J connectivity index is 1.69. The zero-order chi connectivity index (χ0) is 18.1. The lowest BCUT2D eigenvalue weighted by Crippen LogP contribution is -2.42. The molecule has 0 aliphatic carbocycles. The van der Waals surface area contributed by atoms with Crippen LogP contribution in [0.4, 0.5) is 0 Å². The van der Waals surface area contributed by atoms with Gasteiger partial charge >= 0.3 is 5.97 Å². The first kappa shape index (κ1) is 17.1. The summed E-state index contributed by atoms with van der Waals surface area (Å²) in [5, 5.41) is 11.5. The second-order valence-electron chi connectivity index (χ2n) is 6.51. The summed E-state index contributed by atoms with van der Waals surface area (Å²) in [6.45, 7) is 3.78. The molecule has 4 rings (SSSR count). The van der Waals surface area contributed by atoms with Crippen molar-refractivity contribution in [3.63, 3.8) is 0 Å². The Morgan fingerprint density at radius 3 is 2.77 bits per heavy atom. The van der Waals surface area contributed by atoms with Gasteiger partial charge < -0.3 is 23.6 Å². The average molecular weight is 358 g/mol. The number of methoxy groups -OCH3 is 1. The molecule has 2 aromatic heterocycles. The maximum absolute atomic E-state index is 12.2. The van der Waals surface area contributed by atoms with Crippen molar-refractivity contribution in [1.29, 1.82) is 0 Å². The van der Waals surface area contributed by atoms with Crippen LogP contribution in [0.1, 0.15) is 10.5 Å². The summed E-state index contributed by atoms with van der Waals surface area (Å²) in [5.74, 6) is -0.445. The lowest BCUT2D eigenvalue weighted by atomic mass is 10.2. The van der Waals surface area contributed by atoms with E-state index in [1.807, 2.05) is 24.3 Å². The molecular formula is C19H22N2O5. The van der Waals surface area contributed by atoms with E-state index in [1.165, 1.54) is 7.11 Å². The average Bonchev–Trinajstić information content (AvgIpc) is 3.18. The number of rotatable bonds is 5. The second kappa shape index (κ2) is 7.11. The Morgan fingerprint density at radius 1 is 1.23 bits per heavy atom.